The first kappa shape index (κ1) is 25.1. The number of carbonyl (C=O) groups is 1. The number of benzene rings is 3. The third kappa shape index (κ3) is 3.85. The van der Waals surface area contributed by atoms with Gasteiger partial charge in [0.15, 0.2) is 12.0 Å². The quantitative estimate of drug-likeness (QED) is 0.206. The van der Waals surface area contributed by atoms with Gasteiger partial charge >= 0.3 is 17.8 Å². The minimum Gasteiger partial charge on any atom is -0.494 e. The number of para-hydroxylation sites is 1. The molecule has 2 atom stereocenters. The van der Waals surface area contributed by atoms with E-state index in [1.54, 1.807) is 37.3 Å². The predicted octanol–water partition coefficient (Wildman–Crippen LogP) is 6.36. The molecule has 0 spiro atoms. The SMILES string of the molecule is C#CCOC(=O)C1(c2ccc(OCC)cc2)C(c2cccc(Oc3ccccc3)c2)C(F)(F)C1(F)F. The van der Waals surface area contributed by atoms with Gasteiger partial charge in [0, 0.05) is 0 Å². The maximum atomic E-state index is 15.5. The van der Waals surface area contributed by atoms with E-state index in [1.807, 2.05) is 5.92 Å². The minimum atomic E-state index is -4.78. The fraction of sp³-hybridized carbons (Fsp3) is 0.250. The molecule has 186 valence electrons. The Morgan fingerprint density at radius 2 is 1.58 bits per heavy atom. The van der Waals surface area contributed by atoms with Crippen molar-refractivity contribution in [3.63, 3.8) is 0 Å². The van der Waals surface area contributed by atoms with Crippen LogP contribution in [0.15, 0.2) is 78.9 Å². The molecule has 4 rings (SSSR count). The molecule has 0 bridgehead atoms. The van der Waals surface area contributed by atoms with Gasteiger partial charge < -0.3 is 14.2 Å². The predicted molar refractivity (Wildman–Crippen MR) is 125 cm³/mol. The van der Waals surface area contributed by atoms with Crippen LogP contribution in [0.1, 0.15) is 24.0 Å². The van der Waals surface area contributed by atoms with Gasteiger partial charge in [-0.25, -0.2) is 0 Å². The van der Waals surface area contributed by atoms with Gasteiger partial charge in [-0.05, 0) is 54.4 Å². The van der Waals surface area contributed by atoms with Gasteiger partial charge in [0.2, 0.25) is 0 Å². The molecule has 36 heavy (non-hydrogen) atoms. The number of ether oxygens (including phenoxy) is 3. The molecule has 1 saturated carbocycles. The van der Waals surface area contributed by atoms with E-state index in [4.69, 9.17) is 20.6 Å². The van der Waals surface area contributed by atoms with E-state index in [0.29, 0.717) is 18.1 Å². The highest BCUT2D eigenvalue weighted by molar-refractivity contribution is 5.90. The lowest BCUT2D eigenvalue weighted by Gasteiger charge is -2.58. The summed E-state index contributed by atoms with van der Waals surface area (Å²) in [6, 6.07) is 18.9. The van der Waals surface area contributed by atoms with E-state index >= 15 is 17.6 Å². The molecule has 0 heterocycles. The fourth-order valence-corrected chi connectivity index (χ4v) is 4.57. The third-order valence-electron chi connectivity index (χ3n) is 6.11. The smallest absolute Gasteiger partial charge is 0.331 e. The van der Waals surface area contributed by atoms with Crippen LogP contribution in [0.2, 0.25) is 0 Å². The summed E-state index contributed by atoms with van der Waals surface area (Å²) in [5.74, 6) is -10.2. The number of alkyl halides is 4. The van der Waals surface area contributed by atoms with E-state index in [-0.39, 0.29) is 16.9 Å². The monoisotopic (exact) mass is 498 g/mol. The summed E-state index contributed by atoms with van der Waals surface area (Å²) in [5.41, 5.74) is -3.60. The first-order chi connectivity index (χ1) is 17.2. The van der Waals surface area contributed by atoms with Crippen molar-refractivity contribution in [2.45, 2.75) is 30.1 Å². The lowest BCUT2D eigenvalue weighted by Crippen LogP contribution is -2.78. The van der Waals surface area contributed by atoms with Crippen LogP contribution in [0.25, 0.3) is 0 Å². The molecule has 0 aromatic heterocycles. The van der Waals surface area contributed by atoms with Gasteiger partial charge in [-0.2, -0.15) is 17.6 Å². The highest BCUT2D eigenvalue weighted by Crippen LogP contribution is 2.72. The first-order valence-corrected chi connectivity index (χ1v) is 11.1. The van der Waals surface area contributed by atoms with Crippen molar-refractivity contribution in [3.8, 4) is 29.6 Å². The second-order valence-electron chi connectivity index (χ2n) is 8.16. The van der Waals surface area contributed by atoms with Crippen LogP contribution in [0.3, 0.4) is 0 Å². The van der Waals surface area contributed by atoms with Gasteiger partial charge in [-0.1, -0.05) is 48.4 Å². The number of hydrogen-bond acceptors (Lipinski definition) is 4. The van der Waals surface area contributed by atoms with Gasteiger partial charge in [0.05, 0.1) is 12.5 Å². The van der Waals surface area contributed by atoms with Crippen LogP contribution in [-0.4, -0.2) is 31.0 Å². The Morgan fingerprint density at radius 1 is 0.917 bits per heavy atom. The molecular formula is C28H22F4O4. The van der Waals surface area contributed by atoms with Gasteiger partial charge in [-0.3, -0.25) is 4.79 Å². The highest BCUT2D eigenvalue weighted by Gasteiger charge is 2.90. The Balaban J connectivity index is 1.85. The standard InChI is InChI=1S/C28H22F4O4/c1-3-17-35-25(33)26(20-13-15-21(16-14-20)34-4-2)24(27(29,30)28(26,31)32)19-9-8-12-23(18-19)36-22-10-6-5-7-11-22/h1,5-16,18,24H,4,17H2,2H3. The zero-order chi connectivity index (χ0) is 26.0. The molecule has 3 aromatic carbocycles. The zero-order valence-electron chi connectivity index (χ0n) is 19.2. The Hall–Kier alpha value is -3.99. The van der Waals surface area contributed by atoms with E-state index in [9.17, 15) is 4.79 Å². The van der Waals surface area contributed by atoms with Crippen LogP contribution >= 0.6 is 0 Å². The summed E-state index contributed by atoms with van der Waals surface area (Å²) in [6.07, 6.45) is 5.14. The maximum Gasteiger partial charge on any atom is 0.331 e. The Morgan fingerprint density at radius 3 is 2.22 bits per heavy atom. The van der Waals surface area contributed by atoms with Crippen molar-refractivity contribution in [1.29, 1.82) is 0 Å². The molecule has 4 nitrogen and oxygen atoms in total. The lowest BCUT2D eigenvalue weighted by atomic mass is 9.49. The molecule has 1 aliphatic rings. The maximum absolute atomic E-state index is 15.5. The first-order valence-electron chi connectivity index (χ1n) is 11.1. The molecule has 0 aliphatic heterocycles. The van der Waals surface area contributed by atoms with Crippen LogP contribution in [0.5, 0.6) is 17.2 Å². The van der Waals surface area contributed by atoms with Crippen LogP contribution < -0.4 is 9.47 Å². The van der Waals surface area contributed by atoms with Crippen molar-refractivity contribution in [2.75, 3.05) is 13.2 Å². The zero-order valence-corrected chi connectivity index (χ0v) is 19.2. The summed E-state index contributed by atoms with van der Waals surface area (Å²) in [4.78, 5) is 13.2. The summed E-state index contributed by atoms with van der Waals surface area (Å²) in [5, 5.41) is 0. The van der Waals surface area contributed by atoms with Crippen molar-refractivity contribution in [3.05, 3.63) is 90.0 Å². The summed E-state index contributed by atoms with van der Waals surface area (Å²) in [7, 11) is 0. The number of hydrogen-bond donors (Lipinski definition) is 0. The number of terminal acetylenes is 1. The van der Waals surface area contributed by atoms with E-state index in [1.165, 1.54) is 48.5 Å². The second kappa shape index (κ2) is 9.57. The molecule has 1 fully saturated rings. The number of halogens is 4. The van der Waals surface area contributed by atoms with E-state index < -0.39 is 35.8 Å². The Kier molecular flexibility index (Phi) is 6.68. The summed E-state index contributed by atoms with van der Waals surface area (Å²) >= 11 is 0. The average molecular weight is 498 g/mol. The Bertz CT molecular complexity index is 1270. The fourth-order valence-electron chi connectivity index (χ4n) is 4.57. The normalized spacial score (nSPS) is 21.5. The molecule has 0 amide bonds. The Labute approximate surface area is 205 Å². The largest absolute Gasteiger partial charge is 0.494 e. The number of rotatable bonds is 8. The van der Waals surface area contributed by atoms with Crippen LogP contribution in [-0.2, 0) is 14.9 Å². The highest BCUT2D eigenvalue weighted by atomic mass is 19.3. The molecule has 3 aromatic rings. The van der Waals surface area contributed by atoms with Crippen molar-refractivity contribution in [1.82, 2.24) is 0 Å². The number of carbonyl (C=O) groups excluding carboxylic acids is 1. The molecule has 0 saturated heterocycles. The van der Waals surface area contributed by atoms with Crippen molar-refractivity contribution in [2.24, 2.45) is 0 Å². The second-order valence-corrected chi connectivity index (χ2v) is 8.16. The van der Waals surface area contributed by atoms with E-state index in [2.05, 4.69) is 0 Å². The summed E-state index contributed by atoms with van der Waals surface area (Å²) in [6.45, 7) is 1.39. The molecule has 0 radical (unpaired) electrons. The molecule has 8 heteroatoms. The summed E-state index contributed by atoms with van der Waals surface area (Å²) < 4.78 is 77.3. The minimum absolute atomic E-state index is 0.141. The lowest BCUT2D eigenvalue weighted by molar-refractivity contribution is -0.338. The number of esters is 1. The third-order valence-corrected chi connectivity index (χ3v) is 6.11. The molecule has 0 N–H and O–H groups in total. The van der Waals surface area contributed by atoms with Gasteiger partial charge in [-0.15, -0.1) is 6.42 Å². The molecular weight excluding hydrogens is 476 g/mol. The molecule has 1 aliphatic carbocycles. The topological polar surface area (TPSA) is 44.8 Å². The van der Waals surface area contributed by atoms with Gasteiger partial charge in [0.1, 0.15) is 17.2 Å². The van der Waals surface area contributed by atoms with Crippen molar-refractivity contribution < 1.29 is 36.6 Å². The van der Waals surface area contributed by atoms with Crippen LogP contribution in [0, 0.1) is 12.3 Å². The average Bonchev–Trinajstić information content (AvgIpc) is 2.87. The molecule has 2 unspecified atom stereocenters. The van der Waals surface area contributed by atoms with Gasteiger partial charge in [0.25, 0.3) is 0 Å². The van der Waals surface area contributed by atoms with Crippen molar-refractivity contribution >= 4 is 5.97 Å². The van der Waals surface area contributed by atoms with Crippen LogP contribution in [0.4, 0.5) is 17.6 Å². The van der Waals surface area contributed by atoms with E-state index in [0.717, 1.165) is 0 Å².